The minimum Gasteiger partial charge on any atom is -0.457 e. The first-order valence-corrected chi connectivity index (χ1v) is 23.5. The van der Waals surface area contributed by atoms with Crippen LogP contribution in [0.3, 0.4) is 0 Å². The second-order valence-corrected chi connectivity index (χ2v) is 16.5. The highest BCUT2D eigenvalue weighted by Gasteiger charge is 2.27. The standard InChI is InChI=1S/C42H83O10P/c1-3-5-7-9-11-13-14-15-16-17-18-19-20-21-22-23-24-26-28-30-32-34-42(46)52-40(36-44)38-50-53(47,48)49-37-39(35-43)51-41(45)33-31-29-27-25-12-10-8-6-4-2/h39-40,43-44H,3-38H2,1-2H3,(H,47,48). The number of rotatable bonds is 42. The van der Waals surface area contributed by atoms with E-state index in [0.717, 1.165) is 38.5 Å². The summed E-state index contributed by atoms with van der Waals surface area (Å²) >= 11 is 0. The summed E-state index contributed by atoms with van der Waals surface area (Å²) in [7, 11) is -4.62. The average molecular weight is 779 g/mol. The van der Waals surface area contributed by atoms with Gasteiger partial charge < -0.3 is 24.6 Å². The predicted octanol–water partition coefficient (Wildman–Crippen LogP) is 11.5. The van der Waals surface area contributed by atoms with Gasteiger partial charge >= 0.3 is 19.8 Å². The van der Waals surface area contributed by atoms with E-state index in [-0.39, 0.29) is 12.8 Å². The zero-order valence-electron chi connectivity index (χ0n) is 34.3. The van der Waals surface area contributed by atoms with E-state index in [9.17, 15) is 29.3 Å². The molecule has 0 aromatic carbocycles. The molecule has 0 radical (unpaired) electrons. The Morgan fingerprint density at radius 2 is 0.660 bits per heavy atom. The van der Waals surface area contributed by atoms with E-state index in [1.54, 1.807) is 0 Å². The predicted molar refractivity (Wildman–Crippen MR) is 215 cm³/mol. The molecule has 0 bridgehead atoms. The van der Waals surface area contributed by atoms with Gasteiger partial charge in [0.05, 0.1) is 26.4 Å². The van der Waals surface area contributed by atoms with Crippen LogP contribution in [0.2, 0.25) is 0 Å². The lowest BCUT2D eigenvalue weighted by Gasteiger charge is -2.20. The molecule has 0 heterocycles. The highest BCUT2D eigenvalue weighted by molar-refractivity contribution is 7.47. The van der Waals surface area contributed by atoms with Gasteiger partial charge in [0.2, 0.25) is 0 Å². The third-order valence-electron chi connectivity index (χ3n) is 9.82. The summed E-state index contributed by atoms with van der Waals surface area (Å²) in [6.07, 6.45) is 35.2. The molecule has 0 spiro atoms. The van der Waals surface area contributed by atoms with Gasteiger partial charge in [0, 0.05) is 12.8 Å². The van der Waals surface area contributed by atoms with Crippen LogP contribution in [-0.2, 0) is 32.7 Å². The summed E-state index contributed by atoms with van der Waals surface area (Å²) < 4.78 is 32.5. The fraction of sp³-hybridized carbons (Fsp3) is 0.952. The molecule has 53 heavy (non-hydrogen) atoms. The third-order valence-corrected chi connectivity index (χ3v) is 10.8. The number of carbonyl (C=O) groups excluding carboxylic acids is 2. The smallest absolute Gasteiger partial charge is 0.457 e. The van der Waals surface area contributed by atoms with Crippen LogP contribution >= 0.6 is 7.82 Å². The molecule has 3 unspecified atom stereocenters. The van der Waals surface area contributed by atoms with Crippen LogP contribution in [-0.4, -0.2) is 65.7 Å². The lowest BCUT2D eigenvalue weighted by Crippen LogP contribution is -2.28. The van der Waals surface area contributed by atoms with E-state index in [2.05, 4.69) is 13.8 Å². The number of hydrogen-bond donors (Lipinski definition) is 3. The third kappa shape index (κ3) is 37.7. The van der Waals surface area contributed by atoms with Crippen LogP contribution in [0.1, 0.15) is 219 Å². The maximum Gasteiger partial charge on any atom is 0.472 e. The van der Waals surface area contributed by atoms with Crippen LogP contribution < -0.4 is 0 Å². The Balaban J connectivity index is 3.80. The van der Waals surface area contributed by atoms with E-state index in [1.165, 1.54) is 141 Å². The Morgan fingerprint density at radius 3 is 0.887 bits per heavy atom. The quantitative estimate of drug-likeness (QED) is 0.0310. The summed E-state index contributed by atoms with van der Waals surface area (Å²) in [6, 6.07) is 0. The molecule has 0 saturated carbocycles. The number of hydrogen-bond acceptors (Lipinski definition) is 9. The molecule has 3 N–H and O–H groups in total. The summed E-state index contributed by atoms with van der Waals surface area (Å²) in [4.78, 5) is 34.4. The zero-order valence-corrected chi connectivity index (χ0v) is 35.2. The highest BCUT2D eigenvalue weighted by atomic mass is 31.2. The maximum atomic E-state index is 12.3. The van der Waals surface area contributed by atoms with E-state index in [4.69, 9.17) is 18.5 Å². The topological polar surface area (TPSA) is 149 Å². The van der Waals surface area contributed by atoms with Crippen LogP contribution in [0.5, 0.6) is 0 Å². The summed E-state index contributed by atoms with van der Waals surface area (Å²) in [5.41, 5.74) is 0. The molecule has 0 fully saturated rings. The Morgan fingerprint density at radius 1 is 0.434 bits per heavy atom. The number of unbranched alkanes of at least 4 members (excludes halogenated alkanes) is 28. The lowest BCUT2D eigenvalue weighted by molar-refractivity contribution is -0.153. The van der Waals surface area contributed by atoms with Gasteiger partial charge in [0.25, 0.3) is 0 Å². The Bertz CT molecular complexity index is 858. The van der Waals surface area contributed by atoms with Crippen LogP contribution in [0.25, 0.3) is 0 Å². The number of aliphatic hydroxyl groups excluding tert-OH is 2. The van der Waals surface area contributed by atoms with Gasteiger partial charge in [-0.3, -0.25) is 18.6 Å². The van der Waals surface area contributed by atoms with Crippen LogP contribution in [0, 0.1) is 0 Å². The van der Waals surface area contributed by atoms with Crippen molar-refractivity contribution in [3.8, 4) is 0 Å². The van der Waals surface area contributed by atoms with Gasteiger partial charge in [-0.25, -0.2) is 4.57 Å². The lowest BCUT2D eigenvalue weighted by atomic mass is 10.0. The van der Waals surface area contributed by atoms with Gasteiger partial charge in [-0.05, 0) is 12.8 Å². The van der Waals surface area contributed by atoms with Crippen molar-refractivity contribution in [3.05, 3.63) is 0 Å². The van der Waals surface area contributed by atoms with Gasteiger partial charge in [-0.2, -0.15) is 0 Å². The Hall–Kier alpha value is -1.03. The monoisotopic (exact) mass is 779 g/mol. The number of carbonyl (C=O) groups is 2. The molecule has 0 saturated heterocycles. The van der Waals surface area contributed by atoms with Crippen molar-refractivity contribution in [2.24, 2.45) is 0 Å². The molecule has 0 aliphatic rings. The molecular weight excluding hydrogens is 695 g/mol. The van der Waals surface area contributed by atoms with Gasteiger partial charge in [0.15, 0.2) is 0 Å². The largest absolute Gasteiger partial charge is 0.472 e. The van der Waals surface area contributed by atoms with E-state index in [1.807, 2.05) is 0 Å². The molecule has 0 aliphatic heterocycles. The van der Waals surface area contributed by atoms with E-state index < -0.39 is 58.4 Å². The number of phosphoric acid groups is 1. The van der Waals surface area contributed by atoms with Crippen LogP contribution in [0.4, 0.5) is 0 Å². The molecular formula is C42H83O10P. The summed E-state index contributed by atoms with van der Waals surface area (Å²) in [6.45, 7) is 2.21. The summed E-state index contributed by atoms with van der Waals surface area (Å²) in [5, 5.41) is 19.1. The Labute approximate surface area is 324 Å². The SMILES string of the molecule is CCCCCCCCCCCCCCCCCCCCCCCC(=O)OC(CO)COP(=O)(O)OCC(CO)OC(=O)CCCCCCCCCCC. The molecule has 0 aromatic heterocycles. The Kier molecular flexibility index (Phi) is 38.5. The number of ether oxygens (including phenoxy) is 2. The van der Waals surface area contributed by atoms with Gasteiger partial charge in [-0.1, -0.05) is 194 Å². The van der Waals surface area contributed by atoms with Crippen molar-refractivity contribution in [2.75, 3.05) is 26.4 Å². The molecule has 316 valence electrons. The molecule has 3 atom stereocenters. The second kappa shape index (κ2) is 39.2. The van der Waals surface area contributed by atoms with E-state index in [0.29, 0.717) is 12.8 Å². The second-order valence-electron chi connectivity index (χ2n) is 15.0. The minimum atomic E-state index is -4.62. The summed E-state index contributed by atoms with van der Waals surface area (Å²) in [5.74, 6) is -1.01. The van der Waals surface area contributed by atoms with E-state index >= 15 is 0 Å². The first kappa shape index (κ1) is 52.0. The first-order chi connectivity index (χ1) is 25.8. The molecule has 10 nitrogen and oxygen atoms in total. The van der Waals surface area contributed by atoms with Crippen molar-refractivity contribution in [3.63, 3.8) is 0 Å². The number of esters is 2. The molecule has 0 aliphatic carbocycles. The molecule has 0 amide bonds. The van der Waals surface area contributed by atoms with Gasteiger partial charge in [0.1, 0.15) is 12.2 Å². The molecule has 0 rings (SSSR count). The van der Waals surface area contributed by atoms with Gasteiger partial charge in [-0.15, -0.1) is 0 Å². The highest BCUT2D eigenvalue weighted by Crippen LogP contribution is 2.43. The normalized spacial score (nSPS) is 13.8. The zero-order chi connectivity index (χ0) is 39.1. The van der Waals surface area contributed by atoms with Crippen molar-refractivity contribution in [2.45, 2.75) is 232 Å². The van der Waals surface area contributed by atoms with Crippen molar-refractivity contribution in [1.29, 1.82) is 0 Å². The van der Waals surface area contributed by atoms with Crippen molar-refractivity contribution >= 4 is 19.8 Å². The minimum absolute atomic E-state index is 0.197. The van der Waals surface area contributed by atoms with Crippen molar-refractivity contribution in [1.82, 2.24) is 0 Å². The fourth-order valence-electron chi connectivity index (χ4n) is 6.41. The average Bonchev–Trinajstić information content (AvgIpc) is 3.14. The maximum absolute atomic E-state index is 12.3. The van der Waals surface area contributed by atoms with Crippen molar-refractivity contribution < 1.29 is 47.8 Å². The molecule has 11 heteroatoms. The first-order valence-electron chi connectivity index (χ1n) is 22.0. The molecule has 0 aromatic rings. The van der Waals surface area contributed by atoms with Crippen LogP contribution in [0.15, 0.2) is 0 Å². The number of phosphoric ester groups is 1. The fourth-order valence-corrected chi connectivity index (χ4v) is 7.19. The number of aliphatic hydroxyl groups is 2.